The van der Waals surface area contributed by atoms with E-state index in [1.165, 1.54) is 24.3 Å². The zero-order valence-corrected chi connectivity index (χ0v) is 16.3. The van der Waals surface area contributed by atoms with E-state index in [0.29, 0.717) is 17.1 Å². The first-order chi connectivity index (χ1) is 13.6. The van der Waals surface area contributed by atoms with Gasteiger partial charge in [0.25, 0.3) is 0 Å². The smallest absolute Gasteiger partial charge is 0.340 e. The van der Waals surface area contributed by atoms with Crippen LogP contribution >= 0.6 is 0 Å². The first kappa shape index (κ1) is 20.6. The summed E-state index contributed by atoms with van der Waals surface area (Å²) < 4.78 is 53.9. The van der Waals surface area contributed by atoms with Gasteiger partial charge in [0.15, 0.2) is 0 Å². The Kier molecular flexibility index (Phi) is 5.46. The van der Waals surface area contributed by atoms with Crippen LogP contribution in [0.25, 0.3) is 17.0 Å². The number of hydrogen-bond acceptors (Lipinski definition) is 2. The number of nitrogens with zero attached hydrogens (tertiary/aromatic N) is 1. The van der Waals surface area contributed by atoms with Gasteiger partial charge in [-0.1, -0.05) is 30.8 Å². The molecule has 3 rings (SSSR count). The molecule has 0 saturated carbocycles. The molecule has 1 N–H and O–H groups in total. The van der Waals surface area contributed by atoms with Crippen molar-refractivity contribution in [2.75, 3.05) is 5.32 Å². The highest BCUT2D eigenvalue weighted by molar-refractivity contribution is 5.78. The second-order valence-corrected chi connectivity index (χ2v) is 6.90. The van der Waals surface area contributed by atoms with Gasteiger partial charge in [0.1, 0.15) is 11.6 Å². The van der Waals surface area contributed by atoms with Gasteiger partial charge in [-0.2, -0.15) is 13.2 Å². The molecule has 0 saturated heterocycles. The highest BCUT2D eigenvalue weighted by atomic mass is 19.4. The van der Waals surface area contributed by atoms with Crippen LogP contribution in [0.5, 0.6) is 0 Å². The molecule has 0 unspecified atom stereocenters. The van der Waals surface area contributed by atoms with E-state index in [-0.39, 0.29) is 11.3 Å². The third kappa shape index (κ3) is 4.31. The van der Waals surface area contributed by atoms with E-state index in [1.807, 2.05) is 13.8 Å². The first-order valence-corrected chi connectivity index (χ1v) is 8.95. The fraction of sp³-hybridized carbons (Fsp3) is 0.174. The predicted octanol–water partition coefficient (Wildman–Crippen LogP) is 6.91. The van der Waals surface area contributed by atoms with Crippen molar-refractivity contribution in [2.24, 2.45) is 0 Å². The summed E-state index contributed by atoms with van der Waals surface area (Å²) in [6, 6.07) is 11.3. The minimum atomic E-state index is -4.49. The fourth-order valence-electron chi connectivity index (χ4n) is 3.08. The Morgan fingerprint density at radius 3 is 2.34 bits per heavy atom. The van der Waals surface area contributed by atoms with Crippen molar-refractivity contribution in [1.82, 2.24) is 4.98 Å². The highest BCUT2D eigenvalue weighted by Crippen LogP contribution is 2.37. The summed E-state index contributed by atoms with van der Waals surface area (Å²) in [5, 5.41) is 3.05. The Morgan fingerprint density at radius 2 is 1.66 bits per heavy atom. The highest BCUT2D eigenvalue weighted by Gasteiger charge is 2.33. The maximum atomic E-state index is 13.6. The van der Waals surface area contributed by atoms with E-state index < -0.39 is 17.6 Å². The second kappa shape index (κ2) is 7.70. The molecule has 0 aliphatic rings. The van der Waals surface area contributed by atoms with Crippen molar-refractivity contribution >= 4 is 11.5 Å². The van der Waals surface area contributed by atoms with Gasteiger partial charge in [-0.3, -0.25) is 0 Å². The quantitative estimate of drug-likeness (QED) is 0.481. The average Bonchev–Trinajstić information content (AvgIpc) is 2.66. The molecule has 0 amide bonds. The van der Waals surface area contributed by atoms with E-state index in [2.05, 4.69) is 16.9 Å². The van der Waals surface area contributed by atoms with Crippen LogP contribution in [0.1, 0.15) is 27.8 Å². The molecule has 0 radical (unpaired) electrons. The number of benzene rings is 2. The van der Waals surface area contributed by atoms with Crippen LogP contribution in [0.4, 0.5) is 23.4 Å². The zero-order chi connectivity index (χ0) is 21.3. The number of hydrogen-bond donors (Lipinski definition) is 1. The van der Waals surface area contributed by atoms with Crippen molar-refractivity contribution < 1.29 is 17.6 Å². The number of aromatic nitrogens is 1. The Hall–Kier alpha value is -3.15. The largest absolute Gasteiger partial charge is 0.417 e. The molecule has 1 heterocycles. The van der Waals surface area contributed by atoms with Crippen LogP contribution in [-0.2, 0) is 6.18 Å². The molecule has 2 aromatic carbocycles. The van der Waals surface area contributed by atoms with Crippen molar-refractivity contribution in [2.45, 2.75) is 26.9 Å². The molecule has 29 heavy (non-hydrogen) atoms. The van der Waals surface area contributed by atoms with Crippen molar-refractivity contribution in [3.05, 3.63) is 88.7 Å². The molecule has 0 aliphatic carbocycles. The minimum Gasteiger partial charge on any atom is -0.340 e. The Bertz CT molecular complexity index is 1080. The van der Waals surface area contributed by atoms with Crippen LogP contribution < -0.4 is 5.32 Å². The molecular formula is C23H20F4N2. The average molecular weight is 400 g/mol. The van der Waals surface area contributed by atoms with Gasteiger partial charge in [0.05, 0.1) is 11.3 Å². The van der Waals surface area contributed by atoms with Gasteiger partial charge in [-0.25, -0.2) is 9.37 Å². The SMILES string of the molecule is C=C(Nc1nc(-c2ccccc2C(F)(F)F)cc(C)c1C)c1cc(F)ccc1C. The van der Waals surface area contributed by atoms with E-state index in [4.69, 9.17) is 0 Å². The summed E-state index contributed by atoms with van der Waals surface area (Å²) in [5.74, 6) is -0.0205. The maximum absolute atomic E-state index is 13.6. The van der Waals surface area contributed by atoms with Gasteiger partial charge < -0.3 is 5.32 Å². The Morgan fingerprint density at radius 1 is 0.966 bits per heavy atom. The van der Waals surface area contributed by atoms with Crippen molar-refractivity contribution in [1.29, 1.82) is 0 Å². The number of pyridine rings is 1. The maximum Gasteiger partial charge on any atom is 0.417 e. The molecule has 1 aromatic heterocycles. The number of aryl methyl sites for hydroxylation is 2. The molecular weight excluding hydrogens is 380 g/mol. The molecule has 6 heteroatoms. The van der Waals surface area contributed by atoms with Crippen molar-refractivity contribution in [3.8, 4) is 11.3 Å². The van der Waals surface area contributed by atoms with Crippen LogP contribution in [-0.4, -0.2) is 4.98 Å². The number of halogens is 4. The molecule has 0 bridgehead atoms. The molecule has 0 aliphatic heterocycles. The lowest BCUT2D eigenvalue weighted by Crippen LogP contribution is -2.09. The molecule has 0 fully saturated rings. The van der Waals surface area contributed by atoms with Gasteiger partial charge in [0, 0.05) is 16.8 Å². The molecule has 3 aromatic rings. The second-order valence-electron chi connectivity index (χ2n) is 6.90. The number of nitrogens with one attached hydrogen (secondary N) is 1. The minimum absolute atomic E-state index is 0.00121. The third-order valence-electron chi connectivity index (χ3n) is 4.83. The standard InChI is InChI=1S/C23H20F4N2/c1-13-9-10-17(24)12-19(13)16(4)28-22-15(3)14(2)11-21(29-22)18-7-5-6-8-20(18)23(25,26)27/h5-12H,4H2,1-3H3,(H,28,29). The first-order valence-electron chi connectivity index (χ1n) is 8.95. The normalized spacial score (nSPS) is 11.4. The van der Waals surface area contributed by atoms with Gasteiger partial charge in [0.2, 0.25) is 0 Å². The summed E-state index contributed by atoms with van der Waals surface area (Å²) in [7, 11) is 0. The summed E-state index contributed by atoms with van der Waals surface area (Å²) in [5.41, 5.74) is 2.80. The number of anilines is 1. The fourth-order valence-corrected chi connectivity index (χ4v) is 3.08. The number of alkyl halides is 3. The summed E-state index contributed by atoms with van der Waals surface area (Å²) in [6.45, 7) is 9.40. The summed E-state index contributed by atoms with van der Waals surface area (Å²) in [4.78, 5) is 4.43. The number of rotatable bonds is 4. The molecule has 0 atom stereocenters. The lowest BCUT2D eigenvalue weighted by Gasteiger charge is -2.18. The van der Waals surface area contributed by atoms with Crippen LogP contribution in [0.2, 0.25) is 0 Å². The lowest BCUT2D eigenvalue weighted by molar-refractivity contribution is -0.137. The monoisotopic (exact) mass is 400 g/mol. The molecule has 150 valence electrons. The van der Waals surface area contributed by atoms with E-state index in [0.717, 1.165) is 22.8 Å². The van der Waals surface area contributed by atoms with E-state index in [9.17, 15) is 17.6 Å². The van der Waals surface area contributed by atoms with Crippen LogP contribution in [0.3, 0.4) is 0 Å². The molecule has 2 nitrogen and oxygen atoms in total. The van der Waals surface area contributed by atoms with Gasteiger partial charge >= 0.3 is 6.18 Å². The summed E-state index contributed by atoms with van der Waals surface area (Å²) in [6.07, 6.45) is -4.49. The predicted molar refractivity (Wildman–Crippen MR) is 108 cm³/mol. The van der Waals surface area contributed by atoms with Gasteiger partial charge in [-0.05, 0) is 61.7 Å². The van der Waals surface area contributed by atoms with Crippen molar-refractivity contribution in [3.63, 3.8) is 0 Å². The Balaban J connectivity index is 2.06. The zero-order valence-electron chi connectivity index (χ0n) is 16.3. The lowest BCUT2D eigenvalue weighted by atomic mass is 10.0. The topological polar surface area (TPSA) is 24.9 Å². The Labute approximate surface area is 166 Å². The van der Waals surface area contributed by atoms with Crippen LogP contribution in [0.15, 0.2) is 55.1 Å². The van der Waals surface area contributed by atoms with E-state index in [1.54, 1.807) is 25.1 Å². The third-order valence-corrected chi connectivity index (χ3v) is 4.83. The van der Waals surface area contributed by atoms with Crippen LogP contribution in [0, 0.1) is 26.6 Å². The molecule has 0 spiro atoms. The summed E-state index contributed by atoms with van der Waals surface area (Å²) >= 11 is 0. The van der Waals surface area contributed by atoms with E-state index >= 15 is 0 Å². The van der Waals surface area contributed by atoms with Gasteiger partial charge in [-0.15, -0.1) is 0 Å².